The first-order chi connectivity index (χ1) is 12.6. The van der Waals surface area contributed by atoms with E-state index in [2.05, 4.69) is 10.3 Å². The van der Waals surface area contributed by atoms with Gasteiger partial charge >= 0.3 is 5.97 Å². The van der Waals surface area contributed by atoms with Crippen LogP contribution in [0.3, 0.4) is 0 Å². The lowest BCUT2D eigenvalue weighted by atomic mass is 10.1. The molecule has 0 radical (unpaired) electrons. The van der Waals surface area contributed by atoms with Gasteiger partial charge < -0.3 is 14.8 Å². The summed E-state index contributed by atoms with van der Waals surface area (Å²) < 4.78 is 10.8. The molecule has 0 saturated heterocycles. The Morgan fingerprint density at radius 3 is 2.62 bits per heavy atom. The highest BCUT2D eigenvalue weighted by Crippen LogP contribution is 2.32. The number of hydrogen-bond donors (Lipinski definition) is 1. The van der Waals surface area contributed by atoms with E-state index in [1.807, 2.05) is 56.3 Å². The quantitative estimate of drug-likeness (QED) is 0.643. The standard InChI is InChI=1S/C21H22N2O3/c1-4-25-20-9-7-6-8-18(20)23-19-12-14(3)22-17-11-10-15(13-16(17)19)21(24)26-5-2/h6-13H,4-5H2,1-3H3,(H,22,23). The lowest BCUT2D eigenvalue weighted by molar-refractivity contribution is 0.0526. The van der Waals surface area contributed by atoms with Crippen LogP contribution in [-0.2, 0) is 4.74 Å². The molecule has 5 nitrogen and oxygen atoms in total. The molecule has 0 aliphatic heterocycles. The first-order valence-electron chi connectivity index (χ1n) is 8.69. The maximum absolute atomic E-state index is 12.1. The molecular weight excluding hydrogens is 328 g/mol. The van der Waals surface area contributed by atoms with Crippen molar-refractivity contribution in [3.63, 3.8) is 0 Å². The third-order valence-electron chi connectivity index (χ3n) is 3.90. The van der Waals surface area contributed by atoms with Crippen molar-refractivity contribution in [2.75, 3.05) is 18.5 Å². The van der Waals surface area contributed by atoms with E-state index >= 15 is 0 Å². The number of aryl methyl sites for hydroxylation is 1. The Kier molecular flexibility index (Phi) is 5.37. The number of aromatic nitrogens is 1. The average Bonchev–Trinajstić information content (AvgIpc) is 2.63. The normalized spacial score (nSPS) is 10.6. The fourth-order valence-electron chi connectivity index (χ4n) is 2.80. The topological polar surface area (TPSA) is 60.5 Å². The summed E-state index contributed by atoms with van der Waals surface area (Å²) in [5.74, 6) is 0.440. The molecule has 0 aliphatic carbocycles. The van der Waals surface area contributed by atoms with E-state index in [0.29, 0.717) is 18.8 Å². The van der Waals surface area contributed by atoms with Crippen LogP contribution < -0.4 is 10.1 Å². The number of anilines is 2. The summed E-state index contributed by atoms with van der Waals surface area (Å²) in [6.45, 7) is 6.62. The molecule has 1 N–H and O–H groups in total. The second-order valence-corrected chi connectivity index (χ2v) is 5.82. The molecule has 134 valence electrons. The average molecular weight is 350 g/mol. The maximum atomic E-state index is 12.1. The largest absolute Gasteiger partial charge is 0.492 e. The number of benzene rings is 2. The number of nitrogens with zero attached hydrogens (tertiary/aromatic N) is 1. The van der Waals surface area contributed by atoms with Crippen molar-refractivity contribution in [2.24, 2.45) is 0 Å². The van der Waals surface area contributed by atoms with Gasteiger partial charge in [-0.1, -0.05) is 12.1 Å². The van der Waals surface area contributed by atoms with Crippen LogP contribution >= 0.6 is 0 Å². The third-order valence-corrected chi connectivity index (χ3v) is 3.90. The van der Waals surface area contributed by atoms with Gasteiger partial charge in [0.25, 0.3) is 0 Å². The molecule has 0 atom stereocenters. The van der Waals surface area contributed by atoms with Gasteiger partial charge in [0.15, 0.2) is 0 Å². The molecular formula is C21H22N2O3. The first-order valence-corrected chi connectivity index (χ1v) is 8.69. The number of nitrogens with one attached hydrogen (secondary N) is 1. The summed E-state index contributed by atoms with van der Waals surface area (Å²) >= 11 is 0. The molecule has 3 rings (SSSR count). The van der Waals surface area contributed by atoms with Crippen LogP contribution in [0.25, 0.3) is 10.9 Å². The zero-order valence-electron chi connectivity index (χ0n) is 15.2. The SMILES string of the molecule is CCOC(=O)c1ccc2nc(C)cc(Nc3ccccc3OCC)c2c1. The maximum Gasteiger partial charge on any atom is 0.338 e. The molecule has 0 bridgehead atoms. The van der Waals surface area contributed by atoms with Crippen LogP contribution in [0.5, 0.6) is 5.75 Å². The number of pyridine rings is 1. The van der Waals surface area contributed by atoms with Crippen molar-refractivity contribution in [1.82, 2.24) is 4.98 Å². The summed E-state index contributed by atoms with van der Waals surface area (Å²) in [6.07, 6.45) is 0. The van der Waals surface area contributed by atoms with Crippen LogP contribution in [-0.4, -0.2) is 24.2 Å². The van der Waals surface area contributed by atoms with Crippen molar-refractivity contribution in [3.05, 3.63) is 59.8 Å². The van der Waals surface area contributed by atoms with Crippen molar-refractivity contribution in [2.45, 2.75) is 20.8 Å². The van der Waals surface area contributed by atoms with E-state index in [0.717, 1.165) is 33.7 Å². The molecule has 2 aromatic carbocycles. The van der Waals surface area contributed by atoms with Gasteiger partial charge in [-0.05, 0) is 57.2 Å². The van der Waals surface area contributed by atoms with Gasteiger partial charge in [0, 0.05) is 16.8 Å². The fourth-order valence-corrected chi connectivity index (χ4v) is 2.80. The Morgan fingerprint density at radius 2 is 1.85 bits per heavy atom. The van der Waals surface area contributed by atoms with E-state index in [1.165, 1.54) is 0 Å². The minimum absolute atomic E-state index is 0.337. The van der Waals surface area contributed by atoms with Crippen LogP contribution in [0.15, 0.2) is 48.5 Å². The predicted octanol–water partition coefficient (Wildman–Crippen LogP) is 4.86. The third kappa shape index (κ3) is 3.77. The van der Waals surface area contributed by atoms with E-state index < -0.39 is 0 Å². The van der Waals surface area contributed by atoms with Crippen molar-refractivity contribution in [3.8, 4) is 5.75 Å². The molecule has 3 aromatic rings. The van der Waals surface area contributed by atoms with E-state index in [9.17, 15) is 4.79 Å². The van der Waals surface area contributed by atoms with E-state index in [4.69, 9.17) is 9.47 Å². The van der Waals surface area contributed by atoms with Crippen LogP contribution in [0, 0.1) is 6.92 Å². The smallest absolute Gasteiger partial charge is 0.338 e. The first kappa shape index (κ1) is 17.7. The zero-order valence-corrected chi connectivity index (χ0v) is 15.2. The molecule has 1 aromatic heterocycles. The second-order valence-electron chi connectivity index (χ2n) is 5.82. The highest BCUT2D eigenvalue weighted by Gasteiger charge is 2.12. The lowest BCUT2D eigenvalue weighted by Gasteiger charge is -2.15. The summed E-state index contributed by atoms with van der Waals surface area (Å²) in [7, 11) is 0. The highest BCUT2D eigenvalue weighted by atomic mass is 16.5. The van der Waals surface area contributed by atoms with Gasteiger partial charge in [0.2, 0.25) is 0 Å². The van der Waals surface area contributed by atoms with Crippen LogP contribution in [0.1, 0.15) is 29.9 Å². The van der Waals surface area contributed by atoms with Gasteiger partial charge in [0.1, 0.15) is 5.75 Å². The molecule has 26 heavy (non-hydrogen) atoms. The number of carbonyl (C=O) groups excluding carboxylic acids is 1. The summed E-state index contributed by atoms with van der Waals surface area (Å²) in [6, 6.07) is 15.1. The summed E-state index contributed by atoms with van der Waals surface area (Å²) in [5, 5.41) is 4.28. The Labute approximate surface area is 153 Å². The van der Waals surface area contributed by atoms with E-state index in [1.54, 1.807) is 13.0 Å². The molecule has 0 aliphatic rings. The van der Waals surface area contributed by atoms with Gasteiger partial charge in [-0.25, -0.2) is 4.79 Å². The summed E-state index contributed by atoms with van der Waals surface area (Å²) in [5.41, 5.74) is 3.94. The Bertz CT molecular complexity index is 938. The number of fused-ring (bicyclic) bond motifs is 1. The van der Waals surface area contributed by atoms with Crippen molar-refractivity contribution < 1.29 is 14.3 Å². The molecule has 5 heteroatoms. The lowest BCUT2D eigenvalue weighted by Crippen LogP contribution is -2.05. The van der Waals surface area contributed by atoms with Gasteiger partial charge in [-0.3, -0.25) is 4.98 Å². The van der Waals surface area contributed by atoms with Gasteiger partial charge in [-0.15, -0.1) is 0 Å². The van der Waals surface area contributed by atoms with Crippen LogP contribution in [0.2, 0.25) is 0 Å². The molecule has 0 amide bonds. The summed E-state index contributed by atoms with van der Waals surface area (Å²) in [4.78, 5) is 16.6. The minimum Gasteiger partial charge on any atom is -0.492 e. The number of carbonyl (C=O) groups is 1. The predicted molar refractivity (Wildman–Crippen MR) is 103 cm³/mol. The molecule has 1 heterocycles. The number of para-hydroxylation sites is 2. The fraction of sp³-hybridized carbons (Fsp3) is 0.238. The van der Waals surface area contributed by atoms with Gasteiger partial charge in [0.05, 0.1) is 30.0 Å². The van der Waals surface area contributed by atoms with E-state index in [-0.39, 0.29) is 5.97 Å². The monoisotopic (exact) mass is 350 g/mol. The number of ether oxygens (including phenoxy) is 2. The van der Waals surface area contributed by atoms with Crippen LogP contribution in [0.4, 0.5) is 11.4 Å². The molecule has 0 saturated carbocycles. The molecule has 0 spiro atoms. The van der Waals surface area contributed by atoms with Gasteiger partial charge in [-0.2, -0.15) is 0 Å². The Balaban J connectivity index is 2.07. The highest BCUT2D eigenvalue weighted by molar-refractivity contribution is 6.00. The Morgan fingerprint density at radius 1 is 1.04 bits per heavy atom. The minimum atomic E-state index is -0.337. The van der Waals surface area contributed by atoms with Crippen molar-refractivity contribution in [1.29, 1.82) is 0 Å². The number of hydrogen-bond acceptors (Lipinski definition) is 5. The number of esters is 1. The molecule has 0 unspecified atom stereocenters. The zero-order chi connectivity index (χ0) is 18.5. The second kappa shape index (κ2) is 7.87. The van der Waals surface area contributed by atoms with Crippen molar-refractivity contribution >= 4 is 28.2 Å². The Hall–Kier alpha value is -3.08. The number of rotatable bonds is 6. The molecule has 0 fully saturated rings.